The molecule has 1 saturated carbocycles. The van der Waals surface area contributed by atoms with Gasteiger partial charge >= 0.3 is 6.18 Å². The number of rotatable bonds is 4. The number of aliphatic hydroxyl groups excluding tert-OH is 1. The Balaban J connectivity index is 2.45. The molecule has 0 saturated heterocycles. The molecule has 7 heteroatoms. The predicted molar refractivity (Wildman–Crippen MR) is 58.7 cm³/mol. The molecule has 0 amide bonds. The second kappa shape index (κ2) is 5.57. The maximum Gasteiger partial charge on any atom is 0.416 e. The lowest BCUT2D eigenvalue weighted by molar-refractivity contribution is -0.199. The summed E-state index contributed by atoms with van der Waals surface area (Å²) < 4.78 is 36.2. The largest absolute Gasteiger partial charge is 0.416 e. The number of hydrogen-bond acceptors (Lipinski definition) is 2. The third-order valence-electron chi connectivity index (χ3n) is 2.58. The highest BCUT2D eigenvalue weighted by Crippen LogP contribution is 2.28. The molecule has 3 N–H and O–H groups in total. The second-order valence-electron chi connectivity index (χ2n) is 4.24. The minimum atomic E-state index is -4.62. The van der Waals surface area contributed by atoms with Gasteiger partial charge in [0.15, 0.2) is 12.1 Å². The Labute approximate surface area is 98.3 Å². The number of nitrogens with zero attached hydrogens (tertiary/aromatic N) is 1. The monoisotopic (exact) mass is 253 g/mol. The van der Waals surface area contributed by atoms with Crippen LogP contribution in [0, 0.1) is 5.92 Å². The first-order chi connectivity index (χ1) is 7.84. The van der Waals surface area contributed by atoms with Crippen LogP contribution in [-0.2, 0) is 0 Å². The van der Waals surface area contributed by atoms with Gasteiger partial charge in [-0.3, -0.25) is 4.99 Å². The normalized spacial score (nSPS) is 26.6. The molecule has 4 nitrogen and oxygen atoms in total. The molecule has 0 heterocycles. The summed E-state index contributed by atoms with van der Waals surface area (Å²) in [5.41, 5.74) is 0. The summed E-state index contributed by atoms with van der Waals surface area (Å²) in [4.78, 5) is 3.72. The van der Waals surface area contributed by atoms with Crippen LogP contribution in [0.2, 0.25) is 0 Å². The lowest BCUT2D eigenvalue weighted by Crippen LogP contribution is -2.40. The van der Waals surface area contributed by atoms with Crippen LogP contribution in [0.25, 0.3) is 0 Å². The molecule has 0 spiro atoms. The van der Waals surface area contributed by atoms with Crippen LogP contribution >= 0.6 is 0 Å². The summed E-state index contributed by atoms with van der Waals surface area (Å²) in [7, 11) is 0. The van der Waals surface area contributed by atoms with Crippen LogP contribution in [0.15, 0.2) is 4.99 Å². The summed E-state index contributed by atoms with van der Waals surface area (Å²) in [5, 5.41) is 14.7. The molecule has 100 valence electrons. The molecule has 0 aromatic rings. The number of halogens is 3. The third kappa shape index (κ3) is 4.80. The van der Waals surface area contributed by atoms with Crippen molar-refractivity contribution in [1.82, 2.24) is 10.6 Å². The fourth-order valence-electron chi connectivity index (χ4n) is 1.30. The zero-order chi connectivity index (χ0) is 13.1. The number of guanidine groups is 1. The number of aliphatic imine (C=N–C) groups is 1. The molecule has 0 aromatic carbocycles. The Bertz CT molecular complexity index is 280. The van der Waals surface area contributed by atoms with Crippen LogP contribution < -0.4 is 10.6 Å². The summed E-state index contributed by atoms with van der Waals surface area (Å²) in [6.45, 7) is 3.76. The molecule has 0 aromatic heterocycles. The van der Waals surface area contributed by atoms with Crippen LogP contribution in [0.1, 0.15) is 20.3 Å². The first-order valence-corrected chi connectivity index (χ1v) is 5.64. The van der Waals surface area contributed by atoms with Gasteiger partial charge in [0.1, 0.15) is 0 Å². The molecule has 3 unspecified atom stereocenters. The molecule has 1 aliphatic rings. The van der Waals surface area contributed by atoms with E-state index in [1.54, 1.807) is 0 Å². The lowest BCUT2D eigenvalue weighted by atomic mass is 10.3. The topological polar surface area (TPSA) is 56.7 Å². The highest BCUT2D eigenvalue weighted by atomic mass is 19.4. The quantitative estimate of drug-likeness (QED) is 0.515. The van der Waals surface area contributed by atoms with E-state index < -0.39 is 18.8 Å². The standard InChI is InChI=1S/C10H18F3N3O/c1-3-14-9(16-7-4-6(7)2)15-5-8(17)10(11,12)13/h6-8,17H,3-5H2,1-2H3,(H2,14,15,16). The lowest BCUT2D eigenvalue weighted by Gasteiger charge is -2.14. The van der Waals surface area contributed by atoms with E-state index >= 15 is 0 Å². The average Bonchev–Trinajstić information content (AvgIpc) is 2.89. The fraction of sp³-hybridized carbons (Fsp3) is 0.900. The Morgan fingerprint density at radius 3 is 2.53 bits per heavy atom. The smallest absolute Gasteiger partial charge is 0.382 e. The van der Waals surface area contributed by atoms with Gasteiger partial charge in [0.2, 0.25) is 0 Å². The van der Waals surface area contributed by atoms with Gasteiger partial charge in [-0.1, -0.05) is 6.92 Å². The molecular formula is C10H18F3N3O. The Morgan fingerprint density at radius 1 is 1.53 bits per heavy atom. The maximum absolute atomic E-state index is 12.1. The minimum Gasteiger partial charge on any atom is -0.382 e. The fourth-order valence-corrected chi connectivity index (χ4v) is 1.30. The van der Waals surface area contributed by atoms with E-state index in [-0.39, 0.29) is 6.04 Å². The Morgan fingerprint density at radius 2 is 2.12 bits per heavy atom. The van der Waals surface area contributed by atoms with Crippen molar-refractivity contribution in [3.63, 3.8) is 0 Å². The summed E-state index contributed by atoms with van der Waals surface area (Å²) in [6, 6.07) is 0.274. The van der Waals surface area contributed by atoms with Crippen molar-refractivity contribution in [3.8, 4) is 0 Å². The predicted octanol–water partition coefficient (Wildman–Crippen LogP) is 0.873. The molecule has 0 aliphatic heterocycles. The molecule has 3 atom stereocenters. The summed E-state index contributed by atoms with van der Waals surface area (Å²) in [5.74, 6) is 0.844. The van der Waals surface area contributed by atoms with Crippen molar-refractivity contribution >= 4 is 5.96 Å². The first-order valence-electron chi connectivity index (χ1n) is 5.64. The van der Waals surface area contributed by atoms with Gasteiger partial charge in [-0.25, -0.2) is 0 Å². The first kappa shape index (κ1) is 14.1. The van der Waals surface area contributed by atoms with Gasteiger partial charge in [-0.2, -0.15) is 13.2 Å². The molecule has 1 aliphatic carbocycles. The molecule has 17 heavy (non-hydrogen) atoms. The van der Waals surface area contributed by atoms with Gasteiger partial charge in [0.25, 0.3) is 0 Å². The van der Waals surface area contributed by atoms with Crippen molar-refractivity contribution in [2.24, 2.45) is 10.9 Å². The molecular weight excluding hydrogens is 235 g/mol. The van der Waals surface area contributed by atoms with Gasteiger partial charge in [-0.05, 0) is 19.3 Å². The number of alkyl halides is 3. The highest BCUT2D eigenvalue weighted by Gasteiger charge is 2.38. The van der Waals surface area contributed by atoms with Gasteiger partial charge in [0, 0.05) is 12.6 Å². The highest BCUT2D eigenvalue weighted by molar-refractivity contribution is 5.80. The van der Waals surface area contributed by atoms with Crippen molar-refractivity contribution in [2.75, 3.05) is 13.1 Å². The summed E-state index contributed by atoms with van der Waals surface area (Å²) >= 11 is 0. The van der Waals surface area contributed by atoms with Gasteiger partial charge in [0.05, 0.1) is 6.54 Å². The van der Waals surface area contributed by atoms with Crippen LogP contribution in [0.3, 0.4) is 0 Å². The third-order valence-corrected chi connectivity index (χ3v) is 2.58. The zero-order valence-corrected chi connectivity index (χ0v) is 9.88. The van der Waals surface area contributed by atoms with Crippen molar-refractivity contribution in [1.29, 1.82) is 0 Å². The SMILES string of the molecule is CCNC(=NCC(O)C(F)(F)F)NC1CC1C. The van der Waals surface area contributed by atoms with Gasteiger partial charge < -0.3 is 15.7 Å². The average molecular weight is 253 g/mol. The summed E-state index contributed by atoms with van der Waals surface area (Å²) in [6.07, 6.45) is -6.03. The van der Waals surface area contributed by atoms with E-state index in [4.69, 9.17) is 5.11 Å². The van der Waals surface area contributed by atoms with Crippen molar-refractivity contribution in [2.45, 2.75) is 38.6 Å². The van der Waals surface area contributed by atoms with Gasteiger partial charge in [-0.15, -0.1) is 0 Å². The molecule has 1 rings (SSSR count). The van der Waals surface area contributed by atoms with E-state index in [1.807, 2.05) is 13.8 Å². The van der Waals surface area contributed by atoms with E-state index in [2.05, 4.69) is 15.6 Å². The van der Waals surface area contributed by atoms with Crippen LogP contribution in [0.4, 0.5) is 13.2 Å². The van der Waals surface area contributed by atoms with Crippen LogP contribution in [-0.4, -0.2) is 42.5 Å². The molecule has 1 fully saturated rings. The number of aliphatic hydroxyl groups is 1. The minimum absolute atomic E-state index is 0.274. The van der Waals surface area contributed by atoms with E-state index in [1.165, 1.54) is 0 Å². The van der Waals surface area contributed by atoms with E-state index in [9.17, 15) is 13.2 Å². The second-order valence-corrected chi connectivity index (χ2v) is 4.24. The number of nitrogens with one attached hydrogen (secondary N) is 2. The zero-order valence-electron chi connectivity index (χ0n) is 9.88. The maximum atomic E-state index is 12.1. The molecule has 0 bridgehead atoms. The van der Waals surface area contributed by atoms with Crippen LogP contribution in [0.5, 0.6) is 0 Å². The Hall–Kier alpha value is -0.980. The molecule has 0 radical (unpaired) electrons. The number of hydrogen-bond donors (Lipinski definition) is 3. The van der Waals surface area contributed by atoms with E-state index in [0.717, 1.165) is 6.42 Å². The van der Waals surface area contributed by atoms with Crippen molar-refractivity contribution < 1.29 is 18.3 Å². The Kier molecular flexibility index (Phi) is 4.62. The van der Waals surface area contributed by atoms with E-state index in [0.29, 0.717) is 18.4 Å². The van der Waals surface area contributed by atoms with Crippen molar-refractivity contribution in [3.05, 3.63) is 0 Å².